The van der Waals surface area contributed by atoms with Gasteiger partial charge in [-0.1, -0.05) is 11.1 Å². The van der Waals surface area contributed by atoms with Crippen LogP contribution in [0.15, 0.2) is 5.16 Å². The van der Waals surface area contributed by atoms with Gasteiger partial charge in [-0.2, -0.15) is 0 Å². The molecule has 0 fully saturated rings. The Hall–Kier alpha value is -0.970. The second kappa shape index (κ2) is 4.20. The molecule has 2 nitrogen and oxygen atoms in total. The summed E-state index contributed by atoms with van der Waals surface area (Å²) in [5, 5.41) is 3.45. The van der Waals surface area contributed by atoms with Crippen LogP contribution in [0.1, 0.15) is 13.8 Å². The van der Waals surface area contributed by atoms with Gasteiger partial charge in [-0.3, -0.25) is 0 Å². The zero-order valence-electron chi connectivity index (χ0n) is 5.06. The van der Waals surface area contributed by atoms with Gasteiger partial charge >= 0.3 is 0 Å². The lowest BCUT2D eigenvalue weighted by molar-refractivity contribution is 0.299. The second-order valence-electron chi connectivity index (χ2n) is 1.27. The van der Waals surface area contributed by atoms with Crippen molar-refractivity contribution in [1.29, 1.82) is 0 Å². The smallest absolute Gasteiger partial charge is 0.148 e. The van der Waals surface area contributed by atoms with Crippen LogP contribution >= 0.6 is 0 Å². The molecule has 0 atom stereocenters. The predicted octanol–water partition coefficient (Wildman–Crippen LogP) is 1.19. The molecule has 0 saturated heterocycles. The maximum absolute atomic E-state index is 4.41. The molecule has 0 aromatic heterocycles. The van der Waals surface area contributed by atoms with Crippen LogP contribution in [0.5, 0.6) is 0 Å². The fourth-order valence-corrected chi connectivity index (χ4v) is 0.146. The van der Waals surface area contributed by atoms with Gasteiger partial charge in [-0.15, -0.1) is 0 Å². The predicted molar refractivity (Wildman–Crippen MR) is 33.0 cm³/mol. The van der Waals surface area contributed by atoms with Crippen molar-refractivity contribution < 1.29 is 4.84 Å². The van der Waals surface area contributed by atoms with E-state index in [1.54, 1.807) is 13.8 Å². The van der Waals surface area contributed by atoms with E-state index in [0.717, 1.165) is 0 Å². The molecule has 0 aliphatic carbocycles. The van der Waals surface area contributed by atoms with E-state index in [4.69, 9.17) is 0 Å². The first-order valence-corrected chi connectivity index (χ1v) is 2.21. The summed E-state index contributed by atoms with van der Waals surface area (Å²) in [5.74, 6) is 2.52. The van der Waals surface area contributed by atoms with Crippen LogP contribution in [-0.2, 0) is 4.84 Å². The first-order chi connectivity index (χ1) is 3.77. The summed E-state index contributed by atoms with van der Waals surface area (Å²) in [6, 6.07) is 0. The van der Waals surface area contributed by atoms with E-state index in [1.165, 1.54) is 0 Å². The Balaban J connectivity index is 3.40. The summed E-state index contributed by atoms with van der Waals surface area (Å²) in [6.07, 6.45) is 2.30. The van der Waals surface area contributed by atoms with E-state index in [-0.39, 0.29) is 0 Å². The highest BCUT2D eigenvalue weighted by Gasteiger charge is 1.72. The molecule has 2 heteroatoms. The number of hydrogen-bond donors (Lipinski definition) is 0. The van der Waals surface area contributed by atoms with Crippen LogP contribution in [0.25, 0.3) is 0 Å². The lowest BCUT2D eigenvalue weighted by Gasteiger charge is -1.82. The van der Waals surface area contributed by atoms with E-state index in [9.17, 15) is 0 Å². The molecule has 0 aliphatic heterocycles. The molecular weight excluding hydrogens is 102 g/mol. The highest BCUT2D eigenvalue weighted by molar-refractivity contribution is 5.85. The van der Waals surface area contributed by atoms with E-state index in [2.05, 4.69) is 28.9 Å². The Bertz CT molecular complexity index is 134. The van der Waals surface area contributed by atoms with Crippen molar-refractivity contribution in [1.82, 2.24) is 0 Å². The largest absolute Gasteiger partial charge is 0.304 e. The highest BCUT2D eigenvalue weighted by atomic mass is 16.6. The zero-order chi connectivity index (χ0) is 6.41. The lowest BCUT2D eigenvalue weighted by Crippen LogP contribution is -1.80. The lowest BCUT2D eigenvalue weighted by atomic mass is 10.5. The van der Waals surface area contributed by atoms with Crippen molar-refractivity contribution in [3.05, 3.63) is 6.92 Å². The van der Waals surface area contributed by atoms with Crippen LogP contribution in [0.2, 0.25) is 0 Å². The minimum Gasteiger partial charge on any atom is -0.304 e. The van der Waals surface area contributed by atoms with Crippen molar-refractivity contribution in [2.75, 3.05) is 0 Å². The molecule has 8 heavy (non-hydrogen) atoms. The second-order valence-corrected chi connectivity index (χ2v) is 1.27. The third kappa shape index (κ3) is 5.03. The van der Waals surface area contributed by atoms with Crippen molar-refractivity contribution in [2.24, 2.45) is 5.16 Å². The van der Waals surface area contributed by atoms with Crippen LogP contribution < -0.4 is 0 Å². The normalized spacial score (nSPS) is 9.62. The molecule has 0 amide bonds. The monoisotopic (exact) mass is 110 g/mol. The van der Waals surface area contributed by atoms with Gasteiger partial charge in [0.25, 0.3) is 0 Å². The summed E-state index contributed by atoms with van der Waals surface area (Å²) < 4.78 is 0. The molecule has 0 aromatic carbocycles. The quantitative estimate of drug-likeness (QED) is 0.282. The summed E-state index contributed by atoms with van der Waals surface area (Å²) in [6.45, 7) is 6.88. The fourth-order valence-electron chi connectivity index (χ4n) is 0.146. The number of oxime groups is 1. The molecule has 0 heterocycles. The topological polar surface area (TPSA) is 21.6 Å². The van der Waals surface area contributed by atoms with E-state index in [0.29, 0.717) is 5.71 Å². The molecular formula is C6H8NO. The highest BCUT2D eigenvalue weighted by Crippen LogP contribution is 1.74. The molecule has 1 radical (unpaired) electrons. The summed E-state index contributed by atoms with van der Waals surface area (Å²) in [5.41, 5.74) is 0.618. The van der Waals surface area contributed by atoms with Gasteiger partial charge in [0.2, 0.25) is 0 Å². The average molecular weight is 110 g/mol. The Labute approximate surface area is 49.5 Å². The molecule has 0 unspecified atom stereocenters. The molecule has 0 rings (SSSR count). The Morgan fingerprint density at radius 2 is 2.38 bits per heavy atom. The Kier molecular flexibility index (Phi) is 3.69. The average Bonchev–Trinajstić information content (AvgIpc) is 1.66. The standard InChI is InChI=1S/C6H8NO/c1-4-5-8-7-6(2)3/h2H2,1,3H3. The third-order valence-electron chi connectivity index (χ3n) is 0.349. The maximum atomic E-state index is 4.41. The third-order valence-corrected chi connectivity index (χ3v) is 0.349. The van der Waals surface area contributed by atoms with Crippen LogP contribution in [0, 0.1) is 19.0 Å². The molecule has 0 aliphatic rings. The van der Waals surface area contributed by atoms with Crippen molar-refractivity contribution in [3.8, 4) is 12.0 Å². The number of nitrogens with zero attached hydrogens (tertiary/aromatic N) is 1. The zero-order valence-corrected chi connectivity index (χ0v) is 5.06. The van der Waals surface area contributed by atoms with E-state index >= 15 is 0 Å². The van der Waals surface area contributed by atoms with E-state index in [1.807, 2.05) is 0 Å². The minimum atomic E-state index is 0.618. The number of hydrogen-bond acceptors (Lipinski definition) is 2. The maximum Gasteiger partial charge on any atom is 0.148 e. The van der Waals surface area contributed by atoms with Crippen molar-refractivity contribution in [3.63, 3.8) is 0 Å². The van der Waals surface area contributed by atoms with Gasteiger partial charge in [0.15, 0.2) is 0 Å². The fraction of sp³-hybridized carbons (Fsp3) is 0.333. The summed E-state index contributed by atoms with van der Waals surface area (Å²) >= 11 is 0. The number of rotatable bonds is 1. The van der Waals surface area contributed by atoms with Gasteiger partial charge < -0.3 is 4.84 Å². The SMILES string of the molecule is [CH2]C(C)=NOC#CC. The summed E-state index contributed by atoms with van der Waals surface area (Å²) in [7, 11) is 0. The summed E-state index contributed by atoms with van der Waals surface area (Å²) in [4.78, 5) is 4.41. The minimum absolute atomic E-state index is 0.618. The first kappa shape index (κ1) is 7.03. The molecule has 0 bridgehead atoms. The van der Waals surface area contributed by atoms with Gasteiger partial charge in [-0.05, 0) is 13.8 Å². The van der Waals surface area contributed by atoms with Crippen LogP contribution in [0.4, 0.5) is 0 Å². The molecule has 43 valence electrons. The van der Waals surface area contributed by atoms with Gasteiger partial charge in [0.05, 0.1) is 5.71 Å². The van der Waals surface area contributed by atoms with Gasteiger partial charge in [0.1, 0.15) is 6.11 Å². The molecule has 0 spiro atoms. The van der Waals surface area contributed by atoms with Gasteiger partial charge in [0, 0.05) is 6.92 Å². The van der Waals surface area contributed by atoms with Crippen LogP contribution in [0.3, 0.4) is 0 Å². The molecule has 0 aromatic rings. The van der Waals surface area contributed by atoms with Crippen molar-refractivity contribution >= 4 is 5.71 Å². The van der Waals surface area contributed by atoms with Gasteiger partial charge in [-0.25, -0.2) is 0 Å². The Morgan fingerprint density at radius 1 is 1.75 bits per heavy atom. The van der Waals surface area contributed by atoms with E-state index < -0.39 is 0 Å². The molecule has 0 N–H and O–H groups in total. The first-order valence-electron chi connectivity index (χ1n) is 2.21. The van der Waals surface area contributed by atoms with Crippen molar-refractivity contribution in [2.45, 2.75) is 13.8 Å². The Morgan fingerprint density at radius 3 is 2.75 bits per heavy atom. The molecule has 0 saturated carbocycles. The van der Waals surface area contributed by atoms with Crippen LogP contribution in [-0.4, -0.2) is 5.71 Å².